The standard InChI is InChI=1S/C12H26O.C6H10O4/c1-3-5-7-9-11-13-12-10-8-6-4-2;7-3-1-9-6-4(8)2-10-5(3)6/h3-12H2,1-2H3;3-8H,1-2H2/t;3-,4+,5-,6-/m.1/s1. The second kappa shape index (κ2) is 13.1. The molecule has 0 radical (unpaired) electrons. The predicted octanol–water partition coefficient (Wildman–Crippen LogP) is 2.67. The molecule has 2 saturated heterocycles. The van der Waals surface area contributed by atoms with Gasteiger partial charge >= 0.3 is 0 Å². The van der Waals surface area contributed by atoms with Crippen LogP contribution in [0, 0.1) is 0 Å². The summed E-state index contributed by atoms with van der Waals surface area (Å²) in [5.74, 6) is 0. The number of hydrogen-bond acceptors (Lipinski definition) is 5. The van der Waals surface area contributed by atoms with Crippen molar-refractivity contribution in [3.8, 4) is 0 Å². The van der Waals surface area contributed by atoms with E-state index in [-0.39, 0.29) is 25.4 Å². The van der Waals surface area contributed by atoms with Crippen LogP contribution in [0.25, 0.3) is 0 Å². The molecule has 2 fully saturated rings. The first-order valence-corrected chi connectivity index (χ1v) is 9.37. The van der Waals surface area contributed by atoms with Crippen LogP contribution in [-0.4, -0.2) is 61.1 Å². The van der Waals surface area contributed by atoms with Gasteiger partial charge < -0.3 is 24.4 Å². The average Bonchev–Trinajstić information content (AvgIpc) is 3.10. The Morgan fingerprint density at radius 3 is 1.57 bits per heavy atom. The zero-order valence-corrected chi connectivity index (χ0v) is 14.9. The Kier molecular flexibility index (Phi) is 11.9. The molecule has 0 aromatic carbocycles. The molecule has 0 aliphatic carbocycles. The van der Waals surface area contributed by atoms with Crippen molar-refractivity contribution < 1.29 is 24.4 Å². The van der Waals surface area contributed by atoms with Gasteiger partial charge in [-0.3, -0.25) is 0 Å². The van der Waals surface area contributed by atoms with Crippen molar-refractivity contribution in [1.82, 2.24) is 0 Å². The van der Waals surface area contributed by atoms with E-state index in [0.717, 1.165) is 13.2 Å². The number of aliphatic hydroxyl groups is 2. The highest BCUT2D eigenvalue weighted by molar-refractivity contribution is 4.93. The molecule has 0 unspecified atom stereocenters. The Labute approximate surface area is 141 Å². The maximum Gasteiger partial charge on any atom is 0.114 e. The van der Waals surface area contributed by atoms with Crippen LogP contribution in [-0.2, 0) is 14.2 Å². The summed E-state index contributed by atoms with van der Waals surface area (Å²) >= 11 is 0. The molecule has 138 valence electrons. The Hall–Kier alpha value is -0.200. The maximum atomic E-state index is 9.16. The second-order valence-electron chi connectivity index (χ2n) is 6.46. The SMILES string of the molecule is CCCCCCOCCCCCC.O[C@@H]1CO[C@H]2[C@@H]1OC[C@@H]2O. The minimum Gasteiger partial charge on any atom is -0.388 e. The maximum absolute atomic E-state index is 9.16. The highest BCUT2D eigenvalue weighted by Gasteiger charge is 2.46. The first-order chi connectivity index (χ1) is 11.2. The fourth-order valence-electron chi connectivity index (χ4n) is 2.82. The summed E-state index contributed by atoms with van der Waals surface area (Å²) in [5.41, 5.74) is 0. The monoisotopic (exact) mass is 332 g/mol. The van der Waals surface area contributed by atoms with Crippen molar-refractivity contribution in [2.75, 3.05) is 26.4 Å². The molecular weight excluding hydrogens is 296 g/mol. The van der Waals surface area contributed by atoms with Gasteiger partial charge in [0.25, 0.3) is 0 Å². The number of hydrogen-bond donors (Lipinski definition) is 2. The first kappa shape index (κ1) is 20.8. The zero-order valence-electron chi connectivity index (χ0n) is 14.9. The molecule has 2 N–H and O–H groups in total. The summed E-state index contributed by atoms with van der Waals surface area (Å²) in [6, 6.07) is 0. The molecular formula is C18H36O5. The summed E-state index contributed by atoms with van der Waals surface area (Å²) in [6.45, 7) is 7.01. The minimum absolute atomic E-state index is 0.284. The lowest BCUT2D eigenvalue weighted by Gasteiger charge is -2.09. The van der Waals surface area contributed by atoms with E-state index in [0.29, 0.717) is 0 Å². The topological polar surface area (TPSA) is 68.2 Å². The van der Waals surface area contributed by atoms with Crippen LogP contribution >= 0.6 is 0 Å². The Morgan fingerprint density at radius 1 is 0.739 bits per heavy atom. The van der Waals surface area contributed by atoms with Gasteiger partial charge in [0, 0.05) is 13.2 Å². The van der Waals surface area contributed by atoms with Crippen LogP contribution in [0.4, 0.5) is 0 Å². The van der Waals surface area contributed by atoms with Crippen LogP contribution < -0.4 is 0 Å². The van der Waals surface area contributed by atoms with E-state index in [1.165, 1.54) is 51.4 Å². The van der Waals surface area contributed by atoms with Crippen LogP contribution in [0.3, 0.4) is 0 Å². The molecule has 0 bridgehead atoms. The molecule has 4 atom stereocenters. The highest BCUT2D eigenvalue weighted by Crippen LogP contribution is 2.26. The quantitative estimate of drug-likeness (QED) is 0.602. The second-order valence-corrected chi connectivity index (χ2v) is 6.46. The van der Waals surface area contributed by atoms with Gasteiger partial charge in [-0.2, -0.15) is 0 Å². The molecule has 2 aliphatic heterocycles. The van der Waals surface area contributed by atoms with E-state index in [4.69, 9.17) is 24.4 Å². The number of aliphatic hydroxyl groups excluding tert-OH is 2. The van der Waals surface area contributed by atoms with Crippen LogP contribution in [0.15, 0.2) is 0 Å². The van der Waals surface area contributed by atoms with Gasteiger partial charge in [-0.1, -0.05) is 52.4 Å². The van der Waals surface area contributed by atoms with E-state index in [9.17, 15) is 0 Å². The molecule has 5 nitrogen and oxygen atoms in total. The van der Waals surface area contributed by atoms with E-state index < -0.39 is 12.2 Å². The van der Waals surface area contributed by atoms with Crippen molar-refractivity contribution in [2.45, 2.75) is 89.6 Å². The van der Waals surface area contributed by atoms with Crippen molar-refractivity contribution in [3.05, 3.63) is 0 Å². The fraction of sp³-hybridized carbons (Fsp3) is 1.00. The molecule has 23 heavy (non-hydrogen) atoms. The average molecular weight is 332 g/mol. The third-order valence-electron chi connectivity index (χ3n) is 4.29. The van der Waals surface area contributed by atoms with Crippen molar-refractivity contribution in [3.63, 3.8) is 0 Å². The lowest BCUT2D eigenvalue weighted by Crippen LogP contribution is -2.30. The smallest absolute Gasteiger partial charge is 0.114 e. The number of ether oxygens (including phenoxy) is 3. The third-order valence-corrected chi connectivity index (χ3v) is 4.29. The molecule has 2 rings (SSSR count). The molecule has 0 amide bonds. The van der Waals surface area contributed by atoms with Gasteiger partial charge in [-0.05, 0) is 12.8 Å². The number of unbranched alkanes of at least 4 members (excludes halogenated alkanes) is 6. The van der Waals surface area contributed by atoms with Gasteiger partial charge in [0.05, 0.1) is 13.2 Å². The summed E-state index contributed by atoms with van der Waals surface area (Å²) in [7, 11) is 0. The largest absolute Gasteiger partial charge is 0.388 e. The normalized spacial score (nSPS) is 29.2. The Bertz CT molecular complexity index is 248. The van der Waals surface area contributed by atoms with Crippen LogP contribution in [0.5, 0.6) is 0 Å². The van der Waals surface area contributed by atoms with E-state index in [1.54, 1.807) is 0 Å². The van der Waals surface area contributed by atoms with Gasteiger partial charge in [0.1, 0.15) is 24.4 Å². The van der Waals surface area contributed by atoms with E-state index >= 15 is 0 Å². The lowest BCUT2D eigenvalue weighted by molar-refractivity contribution is 0.00205. The first-order valence-electron chi connectivity index (χ1n) is 9.37. The highest BCUT2D eigenvalue weighted by atomic mass is 16.6. The molecule has 5 heteroatoms. The summed E-state index contributed by atoms with van der Waals surface area (Å²) in [6.07, 6.45) is 8.83. The summed E-state index contributed by atoms with van der Waals surface area (Å²) < 4.78 is 15.7. The van der Waals surface area contributed by atoms with Crippen molar-refractivity contribution >= 4 is 0 Å². The van der Waals surface area contributed by atoms with Gasteiger partial charge in [0.2, 0.25) is 0 Å². The van der Waals surface area contributed by atoms with Gasteiger partial charge in [-0.15, -0.1) is 0 Å². The summed E-state index contributed by atoms with van der Waals surface area (Å²) in [4.78, 5) is 0. The molecule has 0 aromatic heterocycles. The Balaban J connectivity index is 0.000000235. The predicted molar refractivity (Wildman–Crippen MR) is 90.6 cm³/mol. The van der Waals surface area contributed by atoms with E-state index in [1.807, 2.05) is 0 Å². The van der Waals surface area contributed by atoms with Gasteiger partial charge in [0.15, 0.2) is 0 Å². The number of rotatable bonds is 10. The van der Waals surface area contributed by atoms with Crippen LogP contribution in [0.1, 0.15) is 65.2 Å². The minimum atomic E-state index is -0.554. The molecule has 0 aromatic rings. The zero-order chi connectivity index (χ0) is 16.9. The van der Waals surface area contributed by atoms with Crippen LogP contribution in [0.2, 0.25) is 0 Å². The van der Waals surface area contributed by atoms with E-state index in [2.05, 4.69) is 13.8 Å². The van der Waals surface area contributed by atoms with Gasteiger partial charge in [-0.25, -0.2) is 0 Å². The number of fused-ring (bicyclic) bond motifs is 1. The lowest BCUT2D eigenvalue weighted by atomic mass is 10.1. The molecule has 2 heterocycles. The Morgan fingerprint density at radius 2 is 1.17 bits per heavy atom. The molecule has 0 saturated carbocycles. The third kappa shape index (κ3) is 8.45. The van der Waals surface area contributed by atoms with Crippen molar-refractivity contribution in [2.24, 2.45) is 0 Å². The summed E-state index contributed by atoms with van der Waals surface area (Å²) in [5, 5.41) is 18.3. The fourth-order valence-corrected chi connectivity index (χ4v) is 2.82. The molecule has 2 aliphatic rings. The van der Waals surface area contributed by atoms with Crippen molar-refractivity contribution in [1.29, 1.82) is 0 Å². The molecule has 0 spiro atoms.